The zero-order chi connectivity index (χ0) is 24.8. The molecule has 35 heavy (non-hydrogen) atoms. The van der Waals surface area contributed by atoms with Crippen LogP contribution in [0.2, 0.25) is 0 Å². The molecule has 0 aromatic heterocycles. The molecule has 0 unspecified atom stereocenters. The number of halogens is 4. The fourth-order valence-corrected chi connectivity index (χ4v) is 3.92. The lowest BCUT2D eigenvalue weighted by Gasteiger charge is -2.08. The highest BCUT2D eigenvalue weighted by atomic mass is 19.4. The maximum absolute atomic E-state index is 15.1. The van der Waals surface area contributed by atoms with Crippen LogP contribution in [0.25, 0.3) is 10.8 Å². The van der Waals surface area contributed by atoms with Crippen LogP contribution < -0.4 is 4.74 Å². The average Bonchev–Trinajstić information content (AvgIpc) is 2.83. The van der Waals surface area contributed by atoms with Crippen molar-refractivity contribution in [3.8, 4) is 17.6 Å². The lowest BCUT2D eigenvalue weighted by molar-refractivity contribution is -0.274. The van der Waals surface area contributed by atoms with E-state index in [1.807, 2.05) is 18.2 Å². The van der Waals surface area contributed by atoms with Crippen molar-refractivity contribution in [3.05, 3.63) is 112 Å². The van der Waals surface area contributed by atoms with Gasteiger partial charge in [0.05, 0.1) is 5.56 Å². The van der Waals surface area contributed by atoms with E-state index in [2.05, 4.69) is 47.8 Å². The molecule has 0 N–H and O–H groups in total. The molecule has 4 aromatic carbocycles. The van der Waals surface area contributed by atoms with Crippen molar-refractivity contribution in [3.63, 3.8) is 0 Å². The number of alkyl halides is 3. The van der Waals surface area contributed by atoms with Crippen LogP contribution in [0, 0.1) is 17.7 Å². The van der Waals surface area contributed by atoms with Gasteiger partial charge in [-0.2, -0.15) is 0 Å². The SMILES string of the molecule is CCCc1ccc(CCc2ccc3c(F)c(C#Cc4ccc(OC(F)(F)F)cc4)ccc3c2)cc1. The van der Waals surface area contributed by atoms with Crippen LogP contribution in [0.4, 0.5) is 17.6 Å². The molecule has 0 saturated heterocycles. The van der Waals surface area contributed by atoms with E-state index in [9.17, 15) is 13.2 Å². The molecule has 178 valence electrons. The fourth-order valence-electron chi connectivity index (χ4n) is 3.92. The van der Waals surface area contributed by atoms with E-state index in [0.29, 0.717) is 10.9 Å². The Labute approximate surface area is 202 Å². The van der Waals surface area contributed by atoms with Crippen LogP contribution in [0.5, 0.6) is 5.75 Å². The maximum atomic E-state index is 15.1. The molecule has 0 heterocycles. The summed E-state index contributed by atoms with van der Waals surface area (Å²) in [5.41, 5.74) is 4.45. The number of ether oxygens (including phenoxy) is 1. The first-order chi connectivity index (χ1) is 16.8. The molecule has 0 saturated carbocycles. The Balaban J connectivity index is 1.45. The van der Waals surface area contributed by atoms with Crippen LogP contribution in [0.3, 0.4) is 0 Å². The molecule has 0 aliphatic rings. The first-order valence-corrected chi connectivity index (χ1v) is 11.5. The highest BCUT2D eigenvalue weighted by molar-refractivity contribution is 5.85. The molecule has 4 aromatic rings. The van der Waals surface area contributed by atoms with E-state index in [-0.39, 0.29) is 11.3 Å². The quantitative estimate of drug-likeness (QED) is 0.202. The predicted octanol–water partition coefficient (Wildman–Crippen LogP) is 8.02. The Morgan fingerprint density at radius 1 is 0.714 bits per heavy atom. The van der Waals surface area contributed by atoms with Gasteiger partial charge in [0.25, 0.3) is 0 Å². The first kappa shape index (κ1) is 24.3. The molecule has 1 nitrogen and oxygen atoms in total. The van der Waals surface area contributed by atoms with Crippen molar-refractivity contribution in [2.45, 2.75) is 39.0 Å². The van der Waals surface area contributed by atoms with Crippen LogP contribution >= 0.6 is 0 Å². The third-order valence-corrected chi connectivity index (χ3v) is 5.71. The molecular formula is C30H24F4O. The number of fused-ring (bicyclic) bond motifs is 1. The van der Waals surface area contributed by atoms with E-state index in [4.69, 9.17) is 0 Å². The summed E-state index contributed by atoms with van der Waals surface area (Å²) in [6.45, 7) is 2.17. The maximum Gasteiger partial charge on any atom is 0.573 e. The molecule has 0 aliphatic heterocycles. The molecule has 5 heteroatoms. The minimum absolute atomic E-state index is 0.230. The third-order valence-electron chi connectivity index (χ3n) is 5.71. The summed E-state index contributed by atoms with van der Waals surface area (Å²) in [5, 5.41) is 1.29. The van der Waals surface area contributed by atoms with Gasteiger partial charge in [-0.25, -0.2) is 4.39 Å². The van der Waals surface area contributed by atoms with Crippen molar-refractivity contribution in [2.75, 3.05) is 0 Å². The average molecular weight is 477 g/mol. The van der Waals surface area contributed by atoms with Crippen molar-refractivity contribution >= 4 is 10.8 Å². The second-order valence-corrected chi connectivity index (χ2v) is 8.37. The Morgan fingerprint density at radius 2 is 1.34 bits per heavy atom. The summed E-state index contributed by atoms with van der Waals surface area (Å²) in [6, 6.07) is 23.0. The normalized spacial score (nSPS) is 11.2. The van der Waals surface area contributed by atoms with Crippen molar-refractivity contribution in [2.24, 2.45) is 0 Å². The molecule has 0 radical (unpaired) electrons. The highest BCUT2D eigenvalue weighted by Crippen LogP contribution is 2.24. The Hall–Kier alpha value is -3.78. The summed E-state index contributed by atoms with van der Waals surface area (Å²) < 4.78 is 55.7. The smallest absolute Gasteiger partial charge is 0.406 e. The Bertz CT molecular complexity index is 1360. The van der Waals surface area contributed by atoms with Gasteiger partial charge < -0.3 is 4.74 Å². The van der Waals surface area contributed by atoms with Gasteiger partial charge in [0.1, 0.15) is 11.6 Å². The first-order valence-electron chi connectivity index (χ1n) is 11.5. The van der Waals surface area contributed by atoms with E-state index in [1.54, 1.807) is 12.1 Å². The zero-order valence-electron chi connectivity index (χ0n) is 19.3. The van der Waals surface area contributed by atoms with Gasteiger partial charge in [-0.05, 0) is 71.7 Å². The largest absolute Gasteiger partial charge is 0.573 e. The summed E-state index contributed by atoms with van der Waals surface area (Å²) in [6.07, 6.45) is -0.752. The van der Waals surface area contributed by atoms with Gasteiger partial charge in [0.2, 0.25) is 0 Å². The van der Waals surface area contributed by atoms with Crippen LogP contribution in [-0.4, -0.2) is 6.36 Å². The summed E-state index contributed by atoms with van der Waals surface area (Å²) in [4.78, 5) is 0. The zero-order valence-corrected chi connectivity index (χ0v) is 19.3. The minimum atomic E-state index is -4.75. The summed E-state index contributed by atoms with van der Waals surface area (Å²) >= 11 is 0. The van der Waals surface area contributed by atoms with Crippen LogP contribution in [-0.2, 0) is 19.3 Å². The van der Waals surface area contributed by atoms with E-state index in [0.717, 1.165) is 36.6 Å². The van der Waals surface area contributed by atoms with Crippen molar-refractivity contribution in [1.29, 1.82) is 0 Å². The lowest BCUT2D eigenvalue weighted by Crippen LogP contribution is -2.16. The molecule has 0 bridgehead atoms. The molecule has 0 fully saturated rings. The number of aryl methyl sites for hydroxylation is 3. The second-order valence-electron chi connectivity index (χ2n) is 8.37. The van der Waals surface area contributed by atoms with Gasteiger partial charge in [0.15, 0.2) is 0 Å². The molecule has 0 spiro atoms. The molecule has 0 aliphatic carbocycles. The van der Waals surface area contributed by atoms with Gasteiger partial charge >= 0.3 is 6.36 Å². The minimum Gasteiger partial charge on any atom is -0.406 e. The van der Waals surface area contributed by atoms with Gasteiger partial charge in [-0.3, -0.25) is 0 Å². The number of hydrogen-bond donors (Lipinski definition) is 0. The molecular weight excluding hydrogens is 452 g/mol. The summed E-state index contributed by atoms with van der Waals surface area (Å²) in [7, 11) is 0. The van der Waals surface area contributed by atoms with Gasteiger partial charge in [0, 0.05) is 10.9 Å². The molecule has 0 atom stereocenters. The summed E-state index contributed by atoms with van der Waals surface area (Å²) in [5.74, 6) is 4.83. The highest BCUT2D eigenvalue weighted by Gasteiger charge is 2.30. The lowest BCUT2D eigenvalue weighted by atomic mass is 9.98. The standard InChI is InChI=1S/C30H24F4O/c1-2-3-21-4-6-22(7-5-21)8-9-24-13-19-28-26(20-24)16-15-25(29(28)31)14-10-23-11-17-27(18-12-23)35-30(32,33)34/h4-7,11-13,15-20H,2-3,8-9H2,1H3. The van der Waals surface area contributed by atoms with Crippen LogP contribution in [0.15, 0.2) is 78.9 Å². The third kappa shape index (κ3) is 6.64. The number of hydrogen-bond acceptors (Lipinski definition) is 1. The van der Waals surface area contributed by atoms with E-state index >= 15 is 4.39 Å². The Morgan fingerprint density at radius 3 is 2.00 bits per heavy atom. The predicted molar refractivity (Wildman–Crippen MR) is 131 cm³/mol. The van der Waals surface area contributed by atoms with E-state index in [1.165, 1.54) is 35.4 Å². The van der Waals surface area contributed by atoms with Gasteiger partial charge in [-0.1, -0.05) is 73.7 Å². The topological polar surface area (TPSA) is 9.23 Å². The molecule has 0 amide bonds. The van der Waals surface area contributed by atoms with Gasteiger partial charge in [-0.15, -0.1) is 13.2 Å². The van der Waals surface area contributed by atoms with Crippen molar-refractivity contribution < 1.29 is 22.3 Å². The number of rotatable bonds is 6. The molecule has 4 rings (SSSR count). The van der Waals surface area contributed by atoms with E-state index < -0.39 is 12.2 Å². The van der Waals surface area contributed by atoms with Crippen LogP contribution in [0.1, 0.15) is 41.2 Å². The second kappa shape index (κ2) is 10.7. The Kier molecular flexibility index (Phi) is 7.41. The fraction of sp³-hybridized carbons (Fsp3) is 0.200. The van der Waals surface area contributed by atoms with Crippen molar-refractivity contribution in [1.82, 2.24) is 0 Å². The monoisotopic (exact) mass is 476 g/mol. The number of benzene rings is 4.